The van der Waals surface area contributed by atoms with E-state index in [4.69, 9.17) is 0 Å². The van der Waals surface area contributed by atoms with E-state index in [0.29, 0.717) is 6.54 Å². The first-order valence-corrected chi connectivity index (χ1v) is 9.00. The van der Waals surface area contributed by atoms with Gasteiger partial charge in [-0.2, -0.15) is 0 Å². The van der Waals surface area contributed by atoms with Gasteiger partial charge in [0.15, 0.2) is 0 Å². The number of hydrogen-bond donors (Lipinski definition) is 2. The zero-order chi connectivity index (χ0) is 17.3. The third-order valence-electron chi connectivity index (χ3n) is 3.51. The maximum Gasteiger partial charge on any atom is 0.319 e. The summed E-state index contributed by atoms with van der Waals surface area (Å²) in [5.74, 6) is 0.804. The fourth-order valence-electron chi connectivity index (χ4n) is 2.28. The normalized spacial score (nSPS) is 10.2. The van der Waals surface area contributed by atoms with E-state index >= 15 is 0 Å². The van der Waals surface area contributed by atoms with Crippen molar-refractivity contribution in [3.8, 4) is 0 Å². The molecular formula is C20H19N3OS. The summed E-state index contributed by atoms with van der Waals surface area (Å²) in [5.41, 5.74) is 2.99. The Morgan fingerprint density at radius 3 is 2.52 bits per heavy atom. The number of thioether (sulfide) groups is 1. The fourth-order valence-corrected chi connectivity index (χ4v) is 3.09. The molecule has 0 bridgehead atoms. The van der Waals surface area contributed by atoms with Gasteiger partial charge in [-0.1, -0.05) is 48.5 Å². The Balaban J connectivity index is 1.51. The highest BCUT2D eigenvalue weighted by molar-refractivity contribution is 7.98. The summed E-state index contributed by atoms with van der Waals surface area (Å²) in [7, 11) is 0. The second-order valence-corrected chi connectivity index (χ2v) is 6.45. The molecule has 3 aromatic rings. The minimum absolute atomic E-state index is 0.210. The van der Waals surface area contributed by atoms with Gasteiger partial charge < -0.3 is 10.6 Å². The van der Waals surface area contributed by atoms with Gasteiger partial charge in [0.05, 0.1) is 5.03 Å². The van der Waals surface area contributed by atoms with Crippen molar-refractivity contribution < 1.29 is 4.79 Å². The van der Waals surface area contributed by atoms with Crippen molar-refractivity contribution in [2.24, 2.45) is 0 Å². The third kappa shape index (κ3) is 5.65. The summed E-state index contributed by atoms with van der Waals surface area (Å²) >= 11 is 1.67. The van der Waals surface area contributed by atoms with Gasteiger partial charge in [0.1, 0.15) is 0 Å². The first kappa shape index (κ1) is 17.0. The summed E-state index contributed by atoms with van der Waals surface area (Å²) in [4.78, 5) is 16.3. The standard InChI is InChI=1S/C20H19N3OS/c24-20(22-14-16-7-2-1-3-8-16)23-18-10-6-9-17(13-18)15-25-19-11-4-5-12-21-19/h1-13H,14-15H2,(H2,22,23,24). The molecule has 0 unspecified atom stereocenters. The molecule has 0 fully saturated rings. The molecule has 1 aromatic heterocycles. The lowest BCUT2D eigenvalue weighted by Crippen LogP contribution is -2.28. The van der Waals surface area contributed by atoms with E-state index < -0.39 is 0 Å². The molecule has 25 heavy (non-hydrogen) atoms. The Morgan fingerprint density at radius 1 is 0.920 bits per heavy atom. The van der Waals surface area contributed by atoms with Crippen molar-refractivity contribution in [2.75, 3.05) is 5.32 Å². The maximum atomic E-state index is 12.0. The van der Waals surface area contributed by atoms with Gasteiger partial charge in [-0.3, -0.25) is 0 Å². The predicted octanol–water partition coefficient (Wildman–Crippen LogP) is 4.70. The number of carbonyl (C=O) groups is 1. The van der Waals surface area contributed by atoms with Crippen molar-refractivity contribution >= 4 is 23.5 Å². The van der Waals surface area contributed by atoms with Crippen LogP contribution in [0.25, 0.3) is 0 Å². The number of anilines is 1. The summed E-state index contributed by atoms with van der Waals surface area (Å²) in [6.07, 6.45) is 1.79. The van der Waals surface area contributed by atoms with Crippen LogP contribution in [0.1, 0.15) is 11.1 Å². The molecule has 2 N–H and O–H groups in total. The van der Waals surface area contributed by atoms with Crippen LogP contribution in [-0.4, -0.2) is 11.0 Å². The summed E-state index contributed by atoms with van der Waals surface area (Å²) in [6, 6.07) is 23.4. The van der Waals surface area contributed by atoms with E-state index in [0.717, 1.165) is 27.6 Å². The number of hydrogen-bond acceptors (Lipinski definition) is 3. The molecule has 0 aliphatic carbocycles. The SMILES string of the molecule is O=C(NCc1ccccc1)Nc1cccc(CSc2ccccn2)c1. The third-order valence-corrected chi connectivity index (χ3v) is 4.52. The van der Waals surface area contributed by atoms with Crippen LogP contribution in [0, 0.1) is 0 Å². The van der Waals surface area contributed by atoms with Crippen LogP contribution in [0.3, 0.4) is 0 Å². The number of amides is 2. The second-order valence-electron chi connectivity index (χ2n) is 5.45. The molecule has 3 rings (SSSR count). The highest BCUT2D eigenvalue weighted by atomic mass is 32.2. The number of nitrogens with zero attached hydrogens (tertiary/aromatic N) is 1. The molecule has 0 spiro atoms. The first-order valence-electron chi connectivity index (χ1n) is 8.01. The molecular weight excluding hydrogens is 330 g/mol. The van der Waals surface area contributed by atoms with Gasteiger partial charge >= 0.3 is 6.03 Å². The smallest absolute Gasteiger partial charge is 0.319 e. The molecule has 0 saturated heterocycles. The second kappa shape index (κ2) is 8.89. The Labute approximate surface area is 151 Å². The molecule has 126 valence electrons. The van der Waals surface area contributed by atoms with Gasteiger partial charge in [-0.15, -0.1) is 11.8 Å². The number of pyridine rings is 1. The van der Waals surface area contributed by atoms with Crippen LogP contribution < -0.4 is 10.6 Å². The zero-order valence-corrected chi connectivity index (χ0v) is 14.5. The quantitative estimate of drug-likeness (QED) is 0.635. The van der Waals surface area contributed by atoms with Crippen molar-refractivity contribution in [3.05, 3.63) is 90.1 Å². The van der Waals surface area contributed by atoms with Crippen molar-refractivity contribution in [1.29, 1.82) is 0 Å². The number of benzene rings is 2. The minimum Gasteiger partial charge on any atom is -0.334 e. The topological polar surface area (TPSA) is 54.0 Å². The van der Waals surface area contributed by atoms with Crippen LogP contribution in [0.5, 0.6) is 0 Å². The van der Waals surface area contributed by atoms with Crippen molar-refractivity contribution in [1.82, 2.24) is 10.3 Å². The fraction of sp³-hybridized carbons (Fsp3) is 0.100. The molecule has 4 nitrogen and oxygen atoms in total. The Hall–Kier alpha value is -2.79. The molecule has 0 saturated carbocycles. The molecule has 0 radical (unpaired) electrons. The number of aromatic nitrogens is 1. The Morgan fingerprint density at radius 2 is 1.72 bits per heavy atom. The van der Waals surface area contributed by atoms with Gasteiger partial charge in [-0.05, 0) is 35.4 Å². The van der Waals surface area contributed by atoms with E-state index in [2.05, 4.69) is 15.6 Å². The van der Waals surface area contributed by atoms with E-state index in [9.17, 15) is 4.79 Å². The van der Waals surface area contributed by atoms with E-state index in [1.165, 1.54) is 0 Å². The van der Waals surface area contributed by atoms with E-state index in [-0.39, 0.29) is 6.03 Å². The van der Waals surface area contributed by atoms with Gasteiger partial charge in [0.25, 0.3) is 0 Å². The van der Waals surface area contributed by atoms with Crippen molar-refractivity contribution in [2.45, 2.75) is 17.3 Å². The number of carbonyl (C=O) groups excluding carboxylic acids is 1. The minimum atomic E-state index is -0.210. The van der Waals surface area contributed by atoms with Gasteiger partial charge in [-0.25, -0.2) is 9.78 Å². The van der Waals surface area contributed by atoms with Crippen molar-refractivity contribution in [3.63, 3.8) is 0 Å². The largest absolute Gasteiger partial charge is 0.334 e. The highest BCUT2D eigenvalue weighted by Crippen LogP contribution is 2.22. The lowest BCUT2D eigenvalue weighted by molar-refractivity contribution is 0.251. The molecule has 2 aromatic carbocycles. The molecule has 0 atom stereocenters. The van der Waals surface area contributed by atoms with Gasteiger partial charge in [0, 0.05) is 24.2 Å². The van der Waals surface area contributed by atoms with E-state index in [1.807, 2.05) is 72.8 Å². The Bertz CT molecular complexity index is 809. The van der Waals surface area contributed by atoms with Crippen LogP contribution in [0.15, 0.2) is 84.0 Å². The molecule has 2 amide bonds. The molecule has 0 aliphatic rings. The summed E-state index contributed by atoms with van der Waals surface area (Å²) in [6.45, 7) is 0.502. The average molecular weight is 349 g/mol. The number of rotatable bonds is 6. The molecule has 5 heteroatoms. The molecule has 0 aliphatic heterocycles. The van der Waals surface area contributed by atoms with Crippen LogP contribution in [-0.2, 0) is 12.3 Å². The van der Waals surface area contributed by atoms with Crippen LogP contribution in [0.2, 0.25) is 0 Å². The lowest BCUT2D eigenvalue weighted by atomic mass is 10.2. The van der Waals surface area contributed by atoms with Crippen LogP contribution in [0.4, 0.5) is 10.5 Å². The monoisotopic (exact) mass is 349 g/mol. The zero-order valence-electron chi connectivity index (χ0n) is 13.7. The van der Waals surface area contributed by atoms with Gasteiger partial charge in [0.2, 0.25) is 0 Å². The van der Waals surface area contributed by atoms with E-state index in [1.54, 1.807) is 18.0 Å². The van der Waals surface area contributed by atoms with Crippen LogP contribution >= 0.6 is 11.8 Å². The average Bonchev–Trinajstić information content (AvgIpc) is 2.67. The number of urea groups is 1. The lowest BCUT2D eigenvalue weighted by Gasteiger charge is -2.09. The Kier molecular flexibility index (Phi) is 6.06. The molecule has 1 heterocycles. The number of nitrogens with one attached hydrogen (secondary N) is 2. The highest BCUT2D eigenvalue weighted by Gasteiger charge is 2.03. The first-order chi connectivity index (χ1) is 12.3. The predicted molar refractivity (Wildman–Crippen MR) is 103 cm³/mol. The summed E-state index contributed by atoms with van der Waals surface area (Å²) in [5, 5.41) is 6.72. The maximum absolute atomic E-state index is 12.0. The summed E-state index contributed by atoms with van der Waals surface area (Å²) < 4.78 is 0.